The lowest BCUT2D eigenvalue weighted by atomic mass is 10.1. The molecule has 2 rings (SSSR count). The molecule has 0 radical (unpaired) electrons. The van der Waals surface area contributed by atoms with Crippen molar-refractivity contribution in [1.29, 1.82) is 0 Å². The van der Waals surface area contributed by atoms with E-state index in [4.69, 9.17) is 22.1 Å². The number of alkyl halides is 1. The van der Waals surface area contributed by atoms with Gasteiger partial charge in [0.05, 0.1) is 12.3 Å². The maximum Gasteiger partial charge on any atom is 0.146 e. The lowest BCUT2D eigenvalue weighted by Gasteiger charge is -2.09. The predicted octanol–water partition coefficient (Wildman–Crippen LogP) is 4.07. The van der Waals surface area contributed by atoms with Crippen molar-refractivity contribution in [2.45, 2.75) is 27.2 Å². The fourth-order valence-corrected chi connectivity index (χ4v) is 1.81. The summed E-state index contributed by atoms with van der Waals surface area (Å²) < 4.78 is 5.65. The Bertz CT molecular complexity index is 544. The zero-order valence-corrected chi connectivity index (χ0v) is 13.5. The Hall–Kier alpha value is -1.81. The summed E-state index contributed by atoms with van der Waals surface area (Å²) in [6.07, 6.45) is 0.839. The first-order valence-electron chi connectivity index (χ1n) is 7.09. The normalized spacial score (nSPS) is 9.71. The third-order valence-electron chi connectivity index (χ3n) is 2.69. The number of nitrogens with zero attached hydrogens (tertiary/aromatic N) is 2. The van der Waals surface area contributed by atoms with Crippen LogP contribution in [0.25, 0.3) is 11.3 Å². The molecule has 5 heteroatoms. The Morgan fingerprint density at radius 1 is 1.14 bits per heavy atom. The van der Waals surface area contributed by atoms with Crippen LogP contribution in [0.4, 0.5) is 5.82 Å². The maximum absolute atomic E-state index is 5.65. The Balaban J connectivity index is 0.00000106. The first-order chi connectivity index (χ1) is 10.2. The second-order valence-corrected chi connectivity index (χ2v) is 4.59. The quantitative estimate of drug-likeness (QED) is 0.668. The summed E-state index contributed by atoms with van der Waals surface area (Å²) in [6, 6.07) is 9.52. The van der Waals surface area contributed by atoms with Gasteiger partial charge in [-0.3, -0.25) is 0 Å². The molecule has 1 aromatic carbocycles. The van der Waals surface area contributed by atoms with Crippen LogP contribution in [0.1, 0.15) is 25.8 Å². The van der Waals surface area contributed by atoms with Crippen molar-refractivity contribution in [3.05, 3.63) is 35.9 Å². The van der Waals surface area contributed by atoms with Crippen LogP contribution < -0.4 is 10.5 Å². The Kier molecular flexibility index (Phi) is 7.54. The molecule has 4 nitrogen and oxygen atoms in total. The van der Waals surface area contributed by atoms with Crippen LogP contribution in [0, 0.1) is 6.92 Å². The van der Waals surface area contributed by atoms with Crippen LogP contribution >= 0.6 is 11.6 Å². The highest BCUT2D eigenvalue weighted by Crippen LogP contribution is 2.25. The van der Waals surface area contributed by atoms with Crippen molar-refractivity contribution in [3.8, 4) is 17.0 Å². The standard InChI is InChI=1S/C14H16ClN3O.C2H6/c1-10-9-11(12-4-6-14(16)18-17-12)3-5-13(10)19-8-2-7-15;1-2/h3-6,9H,2,7-8H2,1H3,(H2,16,18);1-2H3. The van der Waals surface area contributed by atoms with Crippen LogP contribution in [-0.2, 0) is 0 Å². The summed E-state index contributed by atoms with van der Waals surface area (Å²) in [7, 11) is 0. The number of hydrogen-bond acceptors (Lipinski definition) is 4. The van der Waals surface area contributed by atoms with Gasteiger partial charge in [0, 0.05) is 11.4 Å². The molecule has 0 atom stereocenters. The molecule has 114 valence electrons. The maximum atomic E-state index is 5.65. The molecule has 21 heavy (non-hydrogen) atoms. The van der Waals surface area contributed by atoms with Crippen LogP contribution in [0.2, 0.25) is 0 Å². The topological polar surface area (TPSA) is 61.0 Å². The molecular formula is C16H22ClN3O. The summed E-state index contributed by atoms with van der Waals surface area (Å²) in [5.74, 6) is 1.90. The second kappa shape index (κ2) is 9.19. The molecular weight excluding hydrogens is 286 g/mol. The van der Waals surface area contributed by atoms with E-state index in [2.05, 4.69) is 10.2 Å². The van der Waals surface area contributed by atoms with E-state index in [0.717, 1.165) is 29.0 Å². The van der Waals surface area contributed by atoms with Crippen molar-refractivity contribution >= 4 is 17.4 Å². The number of aryl methyl sites for hydroxylation is 1. The number of nitrogens with two attached hydrogens (primary N) is 1. The van der Waals surface area contributed by atoms with Crippen molar-refractivity contribution in [1.82, 2.24) is 10.2 Å². The van der Waals surface area contributed by atoms with Crippen molar-refractivity contribution in [2.24, 2.45) is 0 Å². The molecule has 0 unspecified atom stereocenters. The van der Waals surface area contributed by atoms with Crippen molar-refractivity contribution in [2.75, 3.05) is 18.2 Å². The number of nitrogen functional groups attached to an aromatic ring is 1. The molecule has 0 spiro atoms. The number of anilines is 1. The first kappa shape index (κ1) is 17.2. The highest BCUT2D eigenvalue weighted by atomic mass is 35.5. The third-order valence-corrected chi connectivity index (χ3v) is 2.96. The molecule has 1 aromatic heterocycles. The molecule has 1 heterocycles. The molecule has 0 aliphatic heterocycles. The number of ether oxygens (including phenoxy) is 1. The number of benzene rings is 1. The molecule has 0 saturated heterocycles. The Morgan fingerprint density at radius 3 is 2.48 bits per heavy atom. The van der Waals surface area contributed by atoms with Gasteiger partial charge in [0.25, 0.3) is 0 Å². The van der Waals surface area contributed by atoms with Gasteiger partial charge < -0.3 is 10.5 Å². The van der Waals surface area contributed by atoms with Gasteiger partial charge in [-0.1, -0.05) is 13.8 Å². The number of hydrogen-bond donors (Lipinski definition) is 1. The molecule has 0 fully saturated rings. The van der Waals surface area contributed by atoms with E-state index in [0.29, 0.717) is 18.3 Å². The van der Waals surface area contributed by atoms with E-state index in [1.165, 1.54) is 0 Å². The summed E-state index contributed by atoms with van der Waals surface area (Å²) >= 11 is 5.62. The van der Waals surface area contributed by atoms with Gasteiger partial charge in [0.2, 0.25) is 0 Å². The molecule has 0 saturated carbocycles. The van der Waals surface area contributed by atoms with Gasteiger partial charge in [-0.05, 0) is 49.2 Å². The predicted molar refractivity (Wildman–Crippen MR) is 88.8 cm³/mol. The van der Waals surface area contributed by atoms with Gasteiger partial charge in [-0.2, -0.15) is 0 Å². The molecule has 0 amide bonds. The zero-order chi connectivity index (χ0) is 15.7. The van der Waals surface area contributed by atoms with Crippen LogP contribution in [0.5, 0.6) is 5.75 Å². The van der Waals surface area contributed by atoms with E-state index in [-0.39, 0.29) is 0 Å². The van der Waals surface area contributed by atoms with Gasteiger partial charge in [-0.25, -0.2) is 0 Å². The van der Waals surface area contributed by atoms with Crippen molar-refractivity contribution < 1.29 is 4.74 Å². The number of aromatic nitrogens is 2. The Labute approximate surface area is 131 Å². The van der Waals surface area contributed by atoms with E-state index >= 15 is 0 Å². The number of rotatable bonds is 5. The molecule has 0 bridgehead atoms. The molecule has 0 aliphatic carbocycles. The average molecular weight is 308 g/mol. The lowest BCUT2D eigenvalue weighted by Crippen LogP contribution is -1.99. The molecule has 0 aliphatic rings. The fraction of sp³-hybridized carbons (Fsp3) is 0.375. The van der Waals surface area contributed by atoms with E-state index < -0.39 is 0 Å². The molecule has 2 N–H and O–H groups in total. The number of halogens is 1. The highest BCUT2D eigenvalue weighted by molar-refractivity contribution is 6.17. The smallest absolute Gasteiger partial charge is 0.146 e. The average Bonchev–Trinajstić information content (AvgIpc) is 2.52. The highest BCUT2D eigenvalue weighted by Gasteiger charge is 2.04. The first-order valence-corrected chi connectivity index (χ1v) is 7.63. The van der Waals surface area contributed by atoms with Gasteiger partial charge in [-0.15, -0.1) is 21.8 Å². The SMILES string of the molecule is CC.Cc1cc(-c2ccc(N)nn2)ccc1OCCCCl. The van der Waals surface area contributed by atoms with E-state index in [1.807, 2.05) is 45.0 Å². The van der Waals surface area contributed by atoms with Gasteiger partial charge >= 0.3 is 0 Å². The fourth-order valence-electron chi connectivity index (χ4n) is 1.70. The monoisotopic (exact) mass is 307 g/mol. The second-order valence-electron chi connectivity index (χ2n) is 4.21. The van der Waals surface area contributed by atoms with Gasteiger partial charge in [0.15, 0.2) is 0 Å². The van der Waals surface area contributed by atoms with Crippen LogP contribution in [0.3, 0.4) is 0 Å². The largest absolute Gasteiger partial charge is 0.493 e. The summed E-state index contributed by atoms with van der Waals surface area (Å²) in [6.45, 7) is 6.63. The minimum absolute atomic E-state index is 0.418. The minimum Gasteiger partial charge on any atom is -0.493 e. The zero-order valence-electron chi connectivity index (χ0n) is 12.8. The summed E-state index contributed by atoms with van der Waals surface area (Å²) in [4.78, 5) is 0. The summed E-state index contributed by atoms with van der Waals surface area (Å²) in [5.41, 5.74) is 8.37. The minimum atomic E-state index is 0.418. The lowest BCUT2D eigenvalue weighted by molar-refractivity contribution is 0.316. The van der Waals surface area contributed by atoms with Gasteiger partial charge in [0.1, 0.15) is 11.6 Å². The summed E-state index contributed by atoms with van der Waals surface area (Å²) in [5, 5.41) is 7.91. The van der Waals surface area contributed by atoms with Crippen molar-refractivity contribution in [3.63, 3.8) is 0 Å². The van der Waals surface area contributed by atoms with E-state index in [1.54, 1.807) is 6.07 Å². The molecule has 2 aromatic rings. The van der Waals surface area contributed by atoms with Crippen LogP contribution in [0.15, 0.2) is 30.3 Å². The third kappa shape index (κ3) is 5.23. The van der Waals surface area contributed by atoms with E-state index in [9.17, 15) is 0 Å². The van der Waals surface area contributed by atoms with Crippen LogP contribution in [-0.4, -0.2) is 22.7 Å². The Morgan fingerprint density at radius 2 is 1.90 bits per heavy atom.